The average Bonchev–Trinajstić information content (AvgIpc) is 3.38. The van der Waals surface area contributed by atoms with Crippen LogP contribution in [0.1, 0.15) is 23.0 Å². The fraction of sp³-hybridized carbons (Fsp3) is 0.263. The van der Waals surface area contributed by atoms with Crippen molar-refractivity contribution in [2.45, 2.75) is 18.5 Å². The molecule has 1 saturated heterocycles. The summed E-state index contributed by atoms with van der Waals surface area (Å²) in [4.78, 5) is 13.0. The van der Waals surface area contributed by atoms with Crippen LogP contribution in [0.4, 0.5) is 4.39 Å². The Bertz CT molecular complexity index is 1180. The van der Waals surface area contributed by atoms with Gasteiger partial charge in [-0.05, 0) is 28.8 Å². The van der Waals surface area contributed by atoms with E-state index >= 15 is 0 Å². The van der Waals surface area contributed by atoms with E-state index in [9.17, 15) is 12.8 Å². The van der Waals surface area contributed by atoms with Gasteiger partial charge in [0.15, 0.2) is 10.8 Å². The predicted molar refractivity (Wildman–Crippen MR) is 124 cm³/mol. The smallest absolute Gasteiger partial charge is 0.276 e. The minimum absolute atomic E-state index is 0.271. The van der Waals surface area contributed by atoms with Crippen LogP contribution >= 0.6 is 38.9 Å². The van der Waals surface area contributed by atoms with E-state index in [4.69, 9.17) is 16.6 Å². The van der Waals surface area contributed by atoms with Gasteiger partial charge in [0.1, 0.15) is 11.9 Å². The summed E-state index contributed by atoms with van der Waals surface area (Å²) in [5.41, 5.74) is 2.41. The molecule has 0 bridgehead atoms. The van der Waals surface area contributed by atoms with E-state index in [-0.39, 0.29) is 11.1 Å². The number of fused-ring (bicyclic) bond motifs is 1. The van der Waals surface area contributed by atoms with Crippen molar-refractivity contribution in [1.29, 1.82) is 0 Å². The molecule has 2 atom stereocenters. The Balaban J connectivity index is 1.84. The van der Waals surface area contributed by atoms with Crippen LogP contribution in [0.5, 0.6) is 0 Å². The summed E-state index contributed by atoms with van der Waals surface area (Å²) in [7, 11) is -2.26. The van der Waals surface area contributed by atoms with Gasteiger partial charge in [-0.2, -0.15) is 13.1 Å². The van der Waals surface area contributed by atoms with E-state index in [2.05, 4.69) is 30.4 Å². The highest BCUT2D eigenvalue weighted by molar-refractivity contribution is 9.11. The van der Waals surface area contributed by atoms with Crippen LogP contribution in [0.25, 0.3) is 0 Å². The van der Waals surface area contributed by atoms with Crippen LogP contribution < -0.4 is 9.44 Å². The summed E-state index contributed by atoms with van der Waals surface area (Å²) in [6.07, 6.45) is 4.01. The Morgan fingerprint density at radius 1 is 1.42 bits per heavy atom. The summed E-state index contributed by atoms with van der Waals surface area (Å²) in [6, 6.07) is 3.39. The molecule has 0 aliphatic carbocycles. The standard InChI is InChI=1S/C19H18BrClFN5O2S2/c1-23-31(28,29)26-12-9-16-14(4-5-20)17(13-3-2-11(22)8-15(13)21)25-18(27(16)10-12)19-24-6-7-30-19/h2-8,12,17,23,26H,9-10H2,1H3/b5-4+/t12?,17-/m0/s1. The SMILES string of the molecule is CNS(=O)(=O)NC1CC2=C(/C=C/Br)[C@H](c3ccc(F)cc3Cl)N=C(c3nccs3)N2C1. The molecule has 2 aliphatic rings. The lowest BCUT2D eigenvalue weighted by Gasteiger charge is -2.31. The fourth-order valence-corrected chi connectivity index (χ4v) is 5.63. The molecule has 2 N–H and O–H groups in total. The van der Waals surface area contributed by atoms with Gasteiger partial charge >= 0.3 is 0 Å². The lowest BCUT2D eigenvalue weighted by atomic mass is 9.94. The van der Waals surface area contributed by atoms with Crippen LogP contribution in [-0.2, 0) is 10.2 Å². The van der Waals surface area contributed by atoms with Gasteiger partial charge in [-0.3, -0.25) is 4.99 Å². The van der Waals surface area contributed by atoms with Crippen molar-refractivity contribution < 1.29 is 12.8 Å². The number of nitrogens with one attached hydrogen (secondary N) is 2. The van der Waals surface area contributed by atoms with E-state index in [0.717, 1.165) is 11.3 Å². The minimum Gasteiger partial charge on any atom is -0.326 e. The number of hydrogen-bond donors (Lipinski definition) is 2. The van der Waals surface area contributed by atoms with Gasteiger partial charge in [-0.25, -0.2) is 14.1 Å². The lowest BCUT2D eigenvalue weighted by molar-refractivity contribution is 0.510. The molecule has 1 aromatic carbocycles. The third-order valence-corrected chi connectivity index (χ3v) is 7.56. The summed E-state index contributed by atoms with van der Waals surface area (Å²) in [6.45, 7) is 0.401. The number of nitrogens with zero attached hydrogens (tertiary/aromatic N) is 3. The maximum Gasteiger partial charge on any atom is 0.276 e. The highest BCUT2D eigenvalue weighted by atomic mass is 79.9. The van der Waals surface area contributed by atoms with Crippen molar-refractivity contribution in [1.82, 2.24) is 19.3 Å². The Labute approximate surface area is 197 Å². The molecule has 4 rings (SSSR count). The maximum atomic E-state index is 13.7. The van der Waals surface area contributed by atoms with Crippen molar-refractivity contribution in [2.24, 2.45) is 4.99 Å². The van der Waals surface area contributed by atoms with E-state index < -0.39 is 22.1 Å². The molecule has 31 heavy (non-hydrogen) atoms. The van der Waals surface area contributed by atoms with Gasteiger partial charge < -0.3 is 4.90 Å². The van der Waals surface area contributed by atoms with E-state index in [1.54, 1.807) is 17.2 Å². The number of thiazole rings is 1. The average molecular weight is 547 g/mol. The van der Waals surface area contributed by atoms with Crippen molar-refractivity contribution in [2.75, 3.05) is 13.6 Å². The molecule has 7 nitrogen and oxygen atoms in total. The molecule has 1 unspecified atom stereocenters. The van der Waals surface area contributed by atoms with E-state index in [0.29, 0.717) is 29.4 Å². The Hall–Kier alpha value is -1.63. The number of halogens is 3. The second-order valence-corrected chi connectivity index (χ2v) is 10.4. The van der Waals surface area contributed by atoms with Gasteiger partial charge in [0.2, 0.25) is 0 Å². The first kappa shape index (κ1) is 22.6. The number of aromatic nitrogens is 1. The number of rotatable bonds is 6. The molecule has 0 amide bonds. The highest BCUT2D eigenvalue weighted by Crippen LogP contribution is 2.42. The zero-order chi connectivity index (χ0) is 22.2. The largest absolute Gasteiger partial charge is 0.326 e. The molecule has 1 fully saturated rings. The molecule has 2 aromatic rings. The minimum atomic E-state index is -3.62. The third kappa shape index (κ3) is 4.62. The fourth-order valence-electron chi connectivity index (χ4n) is 3.72. The van der Waals surface area contributed by atoms with Crippen LogP contribution in [0, 0.1) is 5.82 Å². The number of benzene rings is 1. The topological polar surface area (TPSA) is 86.7 Å². The second kappa shape index (κ2) is 9.08. The molecule has 2 aliphatic heterocycles. The monoisotopic (exact) mass is 545 g/mol. The molecule has 0 radical (unpaired) electrons. The van der Waals surface area contributed by atoms with Gasteiger partial charge in [-0.15, -0.1) is 11.3 Å². The summed E-state index contributed by atoms with van der Waals surface area (Å²) < 4.78 is 42.8. The van der Waals surface area contributed by atoms with Crippen LogP contribution in [-0.4, -0.2) is 43.8 Å². The van der Waals surface area contributed by atoms with Gasteiger partial charge in [0.05, 0.1) is 0 Å². The first-order valence-corrected chi connectivity index (χ1v) is 12.9. The third-order valence-electron chi connectivity index (χ3n) is 5.02. The van der Waals surface area contributed by atoms with Crippen molar-refractivity contribution >= 4 is 54.9 Å². The van der Waals surface area contributed by atoms with Crippen LogP contribution in [0.3, 0.4) is 0 Å². The van der Waals surface area contributed by atoms with E-state index in [1.165, 1.54) is 30.5 Å². The second-order valence-electron chi connectivity index (χ2n) is 6.89. The summed E-state index contributed by atoms with van der Waals surface area (Å²) >= 11 is 11.2. The molecule has 0 spiro atoms. The molecule has 12 heteroatoms. The zero-order valence-electron chi connectivity index (χ0n) is 16.2. The first-order chi connectivity index (χ1) is 14.8. The summed E-state index contributed by atoms with van der Waals surface area (Å²) in [5.74, 6) is 0.205. The van der Waals surface area contributed by atoms with E-state index in [1.807, 2.05) is 16.4 Å². The molecular formula is C19H18BrClFN5O2S2. The molecular weight excluding hydrogens is 529 g/mol. The number of aliphatic imine (C=N–C) groups is 1. The van der Waals surface area contributed by atoms with Crippen LogP contribution in [0.2, 0.25) is 5.02 Å². The number of hydrogen-bond acceptors (Lipinski definition) is 6. The van der Waals surface area contributed by atoms with Crippen molar-refractivity contribution in [3.8, 4) is 0 Å². The molecule has 3 heterocycles. The van der Waals surface area contributed by atoms with Gasteiger partial charge in [-0.1, -0.05) is 33.6 Å². The molecule has 164 valence electrons. The first-order valence-electron chi connectivity index (χ1n) is 9.23. The van der Waals surface area contributed by atoms with Gasteiger partial charge in [0.25, 0.3) is 10.2 Å². The molecule has 0 saturated carbocycles. The predicted octanol–water partition coefficient (Wildman–Crippen LogP) is 3.73. The normalized spacial score (nSPS) is 21.7. The van der Waals surface area contributed by atoms with Crippen molar-refractivity contribution in [3.63, 3.8) is 0 Å². The van der Waals surface area contributed by atoms with Gasteiger partial charge in [0, 0.05) is 53.9 Å². The van der Waals surface area contributed by atoms with Crippen LogP contribution in [0.15, 0.2) is 57.1 Å². The Kier molecular flexibility index (Phi) is 6.61. The Morgan fingerprint density at radius 3 is 2.87 bits per heavy atom. The number of amidine groups is 1. The Morgan fingerprint density at radius 2 is 2.23 bits per heavy atom. The summed E-state index contributed by atoms with van der Waals surface area (Å²) in [5, 5.41) is 2.83. The van der Waals surface area contributed by atoms with Crippen molar-refractivity contribution in [3.05, 3.63) is 73.5 Å². The quantitative estimate of drug-likeness (QED) is 0.578. The maximum absolute atomic E-state index is 13.7. The lowest BCUT2D eigenvalue weighted by Crippen LogP contribution is -2.43. The highest BCUT2D eigenvalue weighted by Gasteiger charge is 2.39. The zero-order valence-corrected chi connectivity index (χ0v) is 20.2. The molecule has 1 aromatic heterocycles.